The van der Waals surface area contributed by atoms with Gasteiger partial charge in [0.2, 0.25) is 5.91 Å². The van der Waals surface area contributed by atoms with Crippen LogP contribution in [-0.2, 0) is 18.4 Å². The molecule has 0 fully saturated rings. The minimum Gasteiger partial charge on any atom is -0.490 e. The first-order valence-corrected chi connectivity index (χ1v) is 11.8. The van der Waals surface area contributed by atoms with E-state index < -0.39 is 0 Å². The highest BCUT2D eigenvalue weighted by molar-refractivity contribution is 7.99. The Morgan fingerprint density at radius 2 is 1.97 bits per heavy atom. The second kappa shape index (κ2) is 9.19. The van der Waals surface area contributed by atoms with Crippen LogP contribution in [0.25, 0.3) is 22.3 Å². The molecule has 9 heteroatoms. The van der Waals surface area contributed by atoms with E-state index in [0.717, 1.165) is 51.3 Å². The Balaban J connectivity index is 1.21. The normalized spacial score (nSPS) is 13.2. The number of ether oxygens (including phenoxy) is 2. The van der Waals surface area contributed by atoms with Crippen LogP contribution >= 0.6 is 11.8 Å². The lowest BCUT2D eigenvalue weighted by atomic mass is 10.1. The monoisotopic (exact) mass is 463 g/mol. The molecule has 0 bridgehead atoms. The summed E-state index contributed by atoms with van der Waals surface area (Å²) in [4.78, 5) is 15.8. The highest BCUT2D eigenvalue weighted by Gasteiger charge is 2.17. The fraction of sp³-hybridized carbons (Fsp3) is 0.292. The van der Waals surface area contributed by atoms with E-state index in [1.807, 2.05) is 55.1 Å². The maximum Gasteiger partial charge on any atom is 0.230 e. The lowest BCUT2D eigenvalue weighted by Crippen LogP contribution is -2.25. The van der Waals surface area contributed by atoms with E-state index in [4.69, 9.17) is 9.47 Å². The zero-order chi connectivity index (χ0) is 22.8. The number of para-hydroxylation sites is 1. The Kier molecular flexibility index (Phi) is 5.95. The summed E-state index contributed by atoms with van der Waals surface area (Å²) in [7, 11) is 1.92. The second-order valence-electron chi connectivity index (χ2n) is 7.95. The van der Waals surface area contributed by atoms with Gasteiger partial charge in [0.25, 0.3) is 0 Å². The molecule has 2 N–H and O–H groups in total. The van der Waals surface area contributed by atoms with Gasteiger partial charge in [-0.2, -0.15) is 0 Å². The number of fused-ring (bicyclic) bond motifs is 2. The summed E-state index contributed by atoms with van der Waals surface area (Å²) in [6, 6.07) is 12.0. The molecule has 8 nitrogen and oxygen atoms in total. The standard InChI is InChI=1S/C24H25N5O3S/c1-15-10-20-21(32-9-5-8-31-20)11-16(15)12-26-22(30)14-33-24-28-27-23(29(24)2)18-13-25-19-7-4-3-6-17(18)19/h3-4,6-7,10-11,13,25H,5,8-9,12,14H2,1-2H3,(H,26,30). The molecule has 0 saturated heterocycles. The van der Waals surface area contributed by atoms with E-state index in [-0.39, 0.29) is 11.7 Å². The third kappa shape index (κ3) is 4.41. The van der Waals surface area contributed by atoms with Crippen molar-refractivity contribution in [3.8, 4) is 22.9 Å². The molecule has 0 unspecified atom stereocenters. The number of H-pyrrole nitrogens is 1. The van der Waals surface area contributed by atoms with Crippen LogP contribution in [0.5, 0.6) is 11.5 Å². The molecule has 3 heterocycles. The summed E-state index contributed by atoms with van der Waals surface area (Å²) in [6.45, 7) is 3.73. The molecule has 0 radical (unpaired) electrons. The van der Waals surface area contributed by atoms with E-state index in [2.05, 4.69) is 26.6 Å². The van der Waals surface area contributed by atoms with E-state index in [1.165, 1.54) is 11.8 Å². The van der Waals surface area contributed by atoms with Crippen LogP contribution in [0.15, 0.2) is 47.8 Å². The number of benzene rings is 2. The van der Waals surface area contributed by atoms with Crippen molar-refractivity contribution in [3.63, 3.8) is 0 Å². The maximum absolute atomic E-state index is 12.5. The number of thioether (sulfide) groups is 1. The van der Waals surface area contributed by atoms with Gasteiger partial charge in [0.05, 0.1) is 19.0 Å². The molecule has 0 saturated carbocycles. The number of aromatic nitrogens is 4. The largest absolute Gasteiger partial charge is 0.490 e. The zero-order valence-electron chi connectivity index (χ0n) is 18.6. The molecular weight excluding hydrogens is 438 g/mol. The van der Waals surface area contributed by atoms with Crippen molar-refractivity contribution in [2.75, 3.05) is 19.0 Å². The molecule has 0 aliphatic carbocycles. The molecule has 1 amide bonds. The van der Waals surface area contributed by atoms with Crippen molar-refractivity contribution in [3.05, 3.63) is 53.7 Å². The fourth-order valence-corrected chi connectivity index (χ4v) is 4.59. The molecule has 33 heavy (non-hydrogen) atoms. The summed E-state index contributed by atoms with van der Waals surface area (Å²) in [5.41, 5.74) is 4.11. The Bertz CT molecular complexity index is 1310. The molecule has 170 valence electrons. The molecule has 4 aromatic rings. The number of carbonyl (C=O) groups is 1. The molecule has 1 aliphatic heterocycles. The van der Waals surface area contributed by atoms with Gasteiger partial charge in [-0.05, 0) is 36.2 Å². The number of nitrogens with one attached hydrogen (secondary N) is 2. The highest BCUT2D eigenvalue weighted by Crippen LogP contribution is 2.33. The van der Waals surface area contributed by atoms with Crippen molar-refractivity contribution in [1.82, 2.24) is 25.1 Å². The number of aryl methyl sites for hydroxylation is 1. The first-order chi connectivity index (χ1) is 16.1. The predicted octanol–water partition coefficient (Wildman–Crippen LogP) is 3.84. The molecule has 2 aromatic heterocycles. The van der Waals surface area contributed by atoms with Crippen molar-refractivity contribution >= 4 is 28.6 Å². The summed E-state index contributed by atoms with van der Waals surface area (Å²) in [5, 5.41) is 13.4. The molecule has 5 rings (SSSR count). The van der Waals surface area contributed by atoms with Crippen LogP contribution in [0.4, 0.5) is 0 Å². The van der Waals surface area contributed by atoms with E-state index in [0.29, 0.717) is 24.9 Å². The Morgan fingerprint density at radius 3 is 2.82 bits per heavy atom. The SMILES string of the molecule is Cc1cc2c(cc1CNC(=O)CSc1nnc(-c3c[nH]c4ccccc34)n1C)OCCCO2. The zero-order valence-corrected chi connectivity index (χ0v) is 19.4. The maximum atomic E-state index is 12.5. The highest BCUT2D eigenvalue weighted by atomic mass is 32.2. The fourth-order valence-electron chi connectivity index (χ4n) is 3.85. The smallest absolute Gasteiger partial charge is 0.230 e. The van der Waals surface area contributed by atoms with Gasteiger partial charge in [-0.15, -0.1) is 10.2 Å². The van der Waals surface area contributed by atoms with Crippen LogP contribution in [-0.4, -0.2) is 44.6 Å². The number of hydrogen-bond acceptors (Lipinski definition) is 6. The summed E-state index contributed by atoms with van der Waals surface area (Å²) >= 11 is 1.37. The number of rotatable bonds is 6. The Labute approximate surface area is 195 Å². The van der Waals surface area contributed by atoms with Gasteiger partial charge in [-0.25, -0.2) is 0 Å². The lowest BCUT2D eigenvalue weighted by molar-refractivity contribution is -0.118. The first kappa shape index (κ1) is 21.4. The van der Waals surface area contributed by atoms with E-state index in [1.54, 1.807) is 0 Å². The van der Waals surface area contributed by atoms with Gasteiger partial charge in [0, 0.05) is 42.7 Å². The molecule has 0 spiro atoms. The van der Waals surface area contributed by atoms with Crippen LogP contribution in [0, 0.1) is 6.92 Å². The minimum absolute atomic E-state index is 0.0665. The second-order valence-corrected chi connectivity index (χ2v) is 8.90. The van der Waals surface area contributed by atoms with E-state index in [9.17, 15) is 4.79 Å². The van der Waals surface area contributed by atoms with Gasteiger partial charge < -0.3 is 24.3 Å². The lowest BCUT2D eigenvalue weighted by Gasteiger charge is -2.13. The third-order valence-electron chi connectivity index (χ3n) is 5.68. The molecule has 0 atom stereocenters. The topological polar surface area (TPSA) is 94.1 Å². The minimum atomic E-state index is -0.0665. The number of carbonyl (C=O) groups excluding carboxylic acids is 1. The summed E-state index contributed by atoms with van der Waals surface area (Å²) in [5.74, 6) is 2.45. The number of amides is 1. The van der Waals surface area contributed by atoms with Gasteiger partial charge in [-0.1, -0.05) is 30.0 Å². The van der Waals surface area contributed by atoms with Crippen LogP contribution in [0.3, 0.4) is 0 Å². The van der Waals surface area contributed by atoms with Crippen molar-refractivity contribution in [2.24, 2.45) is 7.05 Å². The predicted molar refractivity (Wildman–Crippen MR) is 128 cm³/mol. The molecule has 1 aliphatic rings. The number of hydrogen-bond donors (Lipinski definition) is 2. The van der Waals surface area contributed by atoms with Crippen LogP contribution in [0.1, 0.15) is 17.5 Å². The van der Waals surface area contributed by atoms with Gasteiger partial charge >= 0.3 is 0 Å². The number of aromatic amines is 1. The van der Waals surface area contributed by atoms with Gasteiger partial charge in [0.15, 0.2) is 22.5 Å². The molecular formula is C24H25N5O3S. The average molecular weight is 464 g/mol. The van der Waals surface area contributed by atoms with Crippen molar-refractivity contribution in [2.45, 2.75) is 25.0 Å². The van der Waals surface area contributed by atoms with Crippen LogP contribution < -0.4 is 14.8 Å². The van der Waals surface area contributed by atoms with Gasteiger partial charge in [-0.3, -0.25) is 4.79 Å². The average Bonchev–Trinajstić information content (AvgIpc) is 3.32. The molecule has 2 aromatic carbocycles. The summed E-state index contributed by atoms with van der Waals surface area (Å²) < 4.78 is 13.4. The van der Waals surface area contributed by atoms with Crippen LogP contribution in [0.2, 0.25) is 0 Å². The van der Waals surface area contributed by atoms with Crippen molar-refractivity contribution < 1.29 is 14.3 Å². The summed E-state index contributed by atoms with van der Waals surface area (Å²) in [6.07, 6.45) is 2.80. The van der Waals surface area contributed by atoms with E-state index >= 15 is 0 Å². The Hall–Kier alpha value is -3.46. The van der Waals surface area contributed by atoms with Crippen molar-refractivity contribution in [1.29, 1.82) is 0 Å². The van der Waals surface area contributed by atoms with Gasteiger partial charge in [0.1, 0.15) is 0 Å². The third-order valence-corrected chi connectivity index (χ3v) is 6.70. The first-order valence-electron chi connectivity index (χ1n) is 10.8. The quantitative estimate of drug-likeness (QED) is 0.422. The number of nitrogens with zero attached hydrogens (tertiary/aromatic N) is 3. The Morgan fingerprint density at radius 1 is 1.18 bits per heavy atom.